The standard InChI is InChI=1S/C27H21Cl2N2O5PS/c1-3-36-27(32)25-26(37(29,33)21-15-18(2)14-19(16-21)8-7-13-30)23-17-20(28)11-12-24(23)31(25)38(34,35)22-9-5-4-6-10-22/h4-12,14-17H,3H2,1-2H3/b8-7+. The molecule has 0 radical (unpaired) electrons. The van der Waals surface area contributed by atoms with Gasteiger partial charge in [-0.3, -0.25) is 4.57 Å². The van der Waals surface area contributed by atoms with Gasteiger partial charge < -0.3 is 4.74 Å². The molecule has 0 fully saturated rings. The fraction of sp³-hybridized carbons (Fsp3) is 0.111. The molecule has 38 heavy (non-hydrogen) atoms. The second kappa shape index (κ2) is 10.8. The van der Waals surface area contributed by atoms with E-state index in [1.807, 2.05) is 6.07 Å². The van der Waals surface area contributed by atoms with Gasteiger partial charge in [0.15, 0.2) is 5.69 Å². The highest BCUT2D eigenvalue weighted by Crippen LogP contribution is 2.53. The first-order valence-corrected chi connectivity index (χ1v) is 15.8. The number of ether oxygens (including phenoxy) is 1. The Kier molecular flexibility index (Phi) is 7.87. The fourth-order valence-electron chi connectivity index (χ4n) is 4.15. The fourth-order valence-corrected chi connectivity index (χ4v) is 8.63. The topological polar surface area (TPSA) is 106 Å². The zero-order valence-electron chi connectivity index (χ0n) is 20.3. The Labute approximate surface area is 230 Å². The molecule has 0 aliphatic carbocycles. The van der Waals surface area contributed by atoms with Gasteiger partial charge in [0.25, 0.3) is 10.0 Å². The summed E-state index contributed by atoms with van der Waals surface area (Å²) in [5.74, 6) is -1.01. The number of hydrogen-bond acceptors (Lipinski definition) is 6. The minimum atomic E-state index is -4.38. The average molecular weight is 587 g/mol. The van der Waals surface area contributed by atoms with Crippen LogP contribution >= 0.6 is 29.3 Å². The quantitative estimate of drug-likeness (QED) is 0.149. The van der Waals surface area contributed by atoms with E-state index < -0.39 is 28.2 Å². The van der Waals surface area contributed by atoms with Crippen LogP contribution in [-0.4, -0.2) is 25.0 Å². The maximum Gasteiger partial charge on any atom is 0.356 e. The molecular formula is C27H21Cl2N2O5PS. The summed E-state index contributed by atoms with van der Waals surface area (Å²) in [6.07, 6.45) is 2.79. The van der Waals surface area contributed by atoms with Gasteiger partial charge >= 0.3 is 5.97 Å². The van der Waals surface area contributed by atoms with Crippen molar-refractivity contribution in [2.75, 3.05) is 6.61 Å². The van der Waals surface area contributed by atoms with E-state index in [0.29, 0.717) is 11.1 Å². The highest BCUT2D eigenvalue weighted by Gasteiger charge is 2.40. The van der Waals surface area contributed by atoms with Crippen molar-refractivity contribution in [2.45, 2.75) is 18.7 Å². The van der Waals surface area contributed by atoms with Crippen molar-refractivity contribution in [3.8, 4) is 6.07 Å². The first kappa shape index (κ1) is 27.7. The lowest BCUT2D eigenvalue weighted by molar-refractivity contribution is 0.0520. The Morgan fingerprint density at radius 2 is 1.84 bits per heavy atom. The Morgan fingerprint density at radius 1 is 1.13 bits per heavy atom. The average Bonchev–Trinajstić information content (AvgIpc) is 3.24. The van der Waals surface area contributed by atoms with E-state index in [1.165, 1.54) is 48.6 Å². The first-order valence-electron chi connectivity index (χ1n) is 11.3. The monoisotopic (exact) mass is 586 g/mol. The minimum Gasteiger partial charge on any atom is -0.461 e. The lowest BCUT2D eigenvalue weighted by Gasteiger charge is -2.16. The van der Waals surface area contributed by atoms with Gasteiger partial charge in [-0.05, 0) is 84.8 Å². The molecule has 0 aliphatic heterocycles. The predicted molar refractivity (Wildman–Crippen MR) is 150 cm³/mol. The van der Waals surface area contributed by atoms with E-state index in [4.69, 9.17) is 32.8 Å². The molecule has 3 aromatic carbocycles. The van der Waals surface area contributed by atoms with E-state index in [0.717, 1.165) is 3.97 Å². The van der Waals surface area contributed by atoms with E-state index in [-0.39, 0.29) is 38.0 Å². The molecule has 7 nitrogen and oxygen atoms in total. The molecule has 0 bridgehead atoms. The van der Waals surface area contributed by atoms with Crippen molar-refractivity contribution in [2.24, 2.45) is 0 Å². The van der Waals surface area contributed by atoms with Crippen LogP contribution in [0.5, 0.6) is 0 Å². The number of aromatic nitrogens is 1. The number of carbonyl (C=O) groups excluding carboxylic acids is 1. The Balaban J connectivity index is 2.16. The van der Waals surface area contributed by atoms with Crippen LogP contribution in [0, 0.1) is 18.3 Å². The number of hydrogen-bond donors (Lipinski definition) is 0. The third-order valence-electron chi connectivity index (χ3n) is 5.66. The SMILES string of the molecule is CCOC(=O)c1c(P(=O)(Cl)c2cc(C)cc(/C=C/C#N)c2)c2cc(Cl)ccc2n1S(=O)(=O)c1ccccc1. The molecule has 1 heterocycles. The van der Waals surface area contributed by atoms with Crippen molar-refractivity contribution in [1.82, 2.24) is 3.97 Å². The highest BCUT2D eigenvalue weighted by molar-refractivity contribution is 8.01. The van der Waals surface area contributed by atoms with E-state index >= 15 is 0 Å². The van der Waals surface area contributed by atoms with E-state index in [2.05, 4.69) is 0 Å². The second-order valence-corrected chi connectivity index (χ2v) is 13.9. The van der Waals surface area contributed by atoms with Crippen LogP contribution in [0.15, 0.2) is 77.7 Å². The molecule has 0 N–H and O–H groups in total. The van der Waals surface area contributed by atoms with Gasteiger partial charge in [0.1, 0.15) is 0 Å². The zero-order valence-corrected chi connectivity index (χ0v) is 23.5. The number of allylic oxidation sites excluding steroid dienone is 1. The number of fused-ring (bicyclic) bond motifs is 1. The molecule has 194 valence electrons. The van der Waals surface area contributed by atoms with Crippen molar-refractivity contribution in [1.29, 1.82) is 5.26 Å². The summed E-state index contributed by atoms with van der Waals surface area (Å²) in [7, 11) is -4.38. The number of nitrogens with zero attached hydrogens (tertiary/aromatic N) is 2. The summed E-state index contributed by atoms with van der Waals surface area (Å²) in [5, 5.41) is 9.24. The number of nitriles is 1. The van der Waals surface area contributed by atoms with Gasteiger partial charge in [-0.1, -0.05) is 35.9 Å². The summed E-state index contributed by atoms with van der Waals surface area (Å²) < 4.78 is 48.4. The molecule has 1 aromatic heterocycles. The lowest BCUT2D eigenvalue weighted by atomic mass is 10.1. The van der Waals surface area contributed by atoms with Crippen molar-refractivity contribution in [3.05, 3.63) is 94.6 Å². The number of benzene rings is 3. The maximum absolute atomic E-state index is 14.5. The van der Waals surface area contributed by atoms with Crippen LogP contribution in [0.4, 0.5) is 0 Å². The van der Waals surface area contributed by atoms with E-state index in [1.54, 1.807) is 44.2 Å². The molecule has 1 unspecified atom stereocenters. The first-order chi connectivity index (χ1) is 18.0. The summed E-state index contributed by atoms with van der Waals surface area (Å²) in [4.78, 5) is 13.3. The maximum atomic E-state index is 14.5. The number of carbonyl (C=O) groups is 1. The number of aryl methyl sites for hydroxylation is 1. The van der Waals surface area contributed by atoms with Crippen molar-refractivity contribution < 1.29 is 22.5 Å². The van der Waals surface area contributed by atoms with Crippen LogP contribution in [-0.2, 0) is 19.3 Å². The van der Waals surface area contributed by atoms with Gasteiger partial charge in [0, 0.05) is 21.8 Å². The van der Waals surface area contributed by atoms with Gasteiger partial charge in [0.05, 0.1) is 28.4 Å². The van der Waals surface area contributed by atoms with Crippen LogP contribution in [0.1, 0.15) is 28.5 Å². The highest BCUT2D eigenvalue weighted by atomic mass is 35.7. The summed E-state index contributed by atoms with van der Waals surface area (Å²) >= 11 is 13.1. The van der Waals surface area contributed by atoms with Crippen LogP contribution in [0.3, 0.4) is 0 Å². The molecule has 0 amide bonds. The largest absolute Gasteiger partial charge is 0.461 e. The molecule has 0 spiro atoms. The zero-order chi connectivity index (χ0) is 27.7. The lowest BCUT2D eigenvalue weighted by Crippen LogP contribution is -2.26. The molecule has 0 saturated carbocycles. The molecule has 4 rings (SSSR count). The van der Waals surface area contributed by atoms with Gasteiger partial charge in [-0.15, -0.1) is 0 Å². The molecule has 0 saturated heterocycles. The predicted octanol–water partition coefficient (Wildman–Crippen LogP) is 6.02. The third kappa shape index (κ3) is 5.03. The second-order valence-electron chi connectivity index (χ2n) is 8.26. The van der Waals surface area contributed by atoms with Gasteiger partial charge in [-0.2, -0.15) is 5.26 Å². The third-order valence-corrected chi connectivity index (χ3v) is 10.7. The molecule has 11 heteroatoms. The molecular weight excluding hydrogens is 566 g/mol. The van der Waals surface area contributed by atoms with Crippen molar-refractivity contribution in [3.63, 3.8) is 0 Å². The summed E-state index contributed by atoms with van der Waals surface area (Å²) in [6, 6.07) is 18.6. The smallest absolute Gasteiger partial charge is 0.356 e. The summed E-state index contributed by atoms with van der Waals surface area (Å²) in [6.45, 7) is -0.925. The van der Waals surface area contributed by atoms with Gasteiger partial charge in [0.2, 0.25) is 6.49 Å². The van der Waals surface area contributed by atoms with Crippen molar-refractivity contribution >= 4 is 72.9 Å². The number of halogens is 2. The number of esters is 1. The van der Waals surface area contributed by atoms with Gasteiger partial charge in [-0.25, -0.2) is 17.2 Å². The molecule has 1 atom stereocenters. The van der Waals surface area contributed by atoms with E-state index in [9.17, 15) is 17.8 Å². The normalized spacial score (nSPS) is 13.3. The molecule has 4 aromatic rings. The Hall–Kier alpha value is -3.34. The van der Waals surface area contributed by atoms with Crippen LogP contribution in [0.2, 0.25) is 5.02 Å². The number of rotatable bonds is 7. The minimum absolute atomic E-state index is 0.0634. The Bertz CT molecular complexity index is 1790. The van der Waals surface area contributed by atoms with Crippen LogP contribution in [0.25, 0.3) is 17.0 Å². The summed E-state index contributed by atoms with van der Waals surface area (Å²) in [5.41, 5.74) is 0.840. The Morgan fingerprint density at radius 3 is 2.50 bits per heavy atom. The van der Waals surface area contributed by atoms with Crippen LogP contribution < -0.4 is 10.6 Å². The molecule has 0 aliphatic rings.